The smallest absolute Gasteiger partial charge is 0.171 e. The zero-order chi connectivity index (χ0) is 31.1. The Balaban J connectivity index is 1.29. The summed E-state index contributed by atoms with van der Waals surface area (Å²) < 4.78 is 18.4. The van der Waals surface area contributed by atoms with Gasteiger partial charge in [0.2, 0.25) is 0 Å². The lowest BCUT2D eigenvalue weighted by molar-refractivity contribution is 0.592. The van der Waals surface area contributed by atoms with E-state index in [1.54, 1.807) is 0 Å². The monoisotopic (exact) mass is 618 g/mol. The number of rotatable bonds is 3. The maximum absolute atomic E-state index is 16.1. The van der Waals surface area contributed by atoms with E-state index in [2.05, 4.69) is 150 Å². The van der Waals surface area contributed by atoms with E-state index < -0.39 is 7.14 Å². The van der Waals surface area contributed by atoms with Gasteiger partial charge in [0.1, 0.15) is 5.65 Å². The molecule has 0 radical (unpaired) electrons. The first kappa shape index (κ1) is 26.5. The Morgan fingerprint density at radius 2 is 0.957 bits per heavy atom. The van der Waals surface area contributed by atoms with Crippen LogP contribution in [0.2, 0.25) is 0 Å². The molecule has 0 spiro atoms. The number of benzene rings is 8. The SMILES string of the molecule is O=P(c1ccc2ccccc2c1)(c1ccc2c(ccc3ccccc32)c1)c1ccc2c(c1)c1ccccc1n1c3ccccc3nc21. The van der Waals surface area contributed by atoms with Crippen molar-refractivity contribution in [3.8, 4) is 0 Å². The van der Waals surface area contributed by atoms with Gasteiger partial charge in [-0.1, -0.05) is 121 Å². The molecule has 0 saturated carbocycles. The predicted molar refractivity (Wildman–Crippen MR) is 200 cm³/mol. The van der Waals surface area contributed by atoms with Crippen LogP contribution >= 0.6 is 7.14 Å². The van der Waals surface area contributed by atoms with E-state index in [-0.39, 0.29) is 0 Å². The number of nitrogens with zero attached hydrogens (tertiary/aromatic N) is 2. The summed E-state index contributed by atoms with van der Waals surface area (Å²) in [7, 11) is -3.34. The standard InChI is InChI=1S/C43H27N2OP/c46-47(32-20-19-28-9-1-2-11-30(28)25-32,33-21-23-36-31(26-33)18-17-29-10-3-4-12-35(29)36)34-22-24-38-39(27-34)37-13-5-7-15-41(37)45-42-16-8-6-14-40(42)44-43(38)45/h1-27H. The second-order valence-electron chi connectivity index (χ2n) is 12.3. The number of hydrogen-bond acceptors (Lipinski definition) is 2. The molecule has 47 heavy (non-hydrogen) atoms. The van der Waals surface area contributed by atoms with Crippen LogP contribution in [-0.2, 0) is 4.57 Å². The third kappa shape index (κ3) is 3.81. The normalized spacial score (nSPS) is 13.4. The van der Waals surface area contributed by atoms with Gasteiger partial charge in [-0.3, -0.25) is 4.40 Å². The highest BCUT2D eigenvalue weighted by Crippen LogP contribution is 2.45. The van der Waals surface area contributed by atoms with Crippen molar-refractivity contribution in [1.82, 2.24) is 9.38 Å². The van der Waals surface area contributed by atoms with Crippen molar-refractivity contribution in [2.45, 2.75) is 0 Å². The Hall–Kier alpha value is -5.76. The van der Waals surface area contributed by atoms with Crippen LogP contribution < -0.4 is 15.9 Å². The third-order valence-electron chi connectivity index (χ3n) is 9.79. The molecular formula is C43H27N2OP. The maximum atomic E-state index is 16.1. The molecule has 10 aromatic rings. The van der Waals surface area contributed by atoms with Crippen molar-refractivity contribution in [1.29, 1.82) is 0 Å². The Labute approximate surface area is 270 Å². The summed E-state index contributed by atoms with van der Waals surface area (Å²) in [6.07, 6.45) is 0. The van der Waals surface area contributed by atoms with Crippen LogP contribution in [0.25, 0.3) is 70.7 Å². The third-order valence-corrected chi connectivity index (χ3v) is 12.8. The van der Waals surface area contributed by atoms with Gasteiger partial charge in [0.05, 0.1) is 16.6 Å². The van der Waals surface area contributed by atoms with Gasteiger partial charge in [-0.05, 0) is 80.2 Å². The number of aromatic nitrogens is 2. The van der Waals surface area contributed by atoms with Gasteiger partial charge in [-0.25, -0.2) is 4.98 Å². The Kier molecular flexibility index (Phi) is 5.55. The van der Waals surface area contributed by atoms with Crippen LogP contribution in [0, 0.1) is 0 Å². The van der Waals surface area contributed by atoms with Crippen molar-refractivity contribution in [2.75, 3.05) is 0 Å². The fraction of sp³-hybridized carbons (Fsp3) is 0. The highest BCUT2D eigenvalue weighted by molar-refractivity contribution is 7.85. The fourth-order valence-electron chi connectivity index (χ4n) is 7.51. The second-order valence-corrected chi connectivity index (χ2v) is 15.1. The van der Waals surface area contributed by atoms with E-state index in [4.69, 9.17) is 4.98 Å². The quantitative estimate of drug-likeness (QED) is 0.146. The highest BCUT2D eigenvalue weighted by atomic mass is 31.2. The van der Waals surface area contributed by atoms with Gasteiger partial charge >= 0.3 is 0 Å². The minimum absolute atomic E-state index is 0.811. The van der Waals surface area contributed by atoms with Crippen molar-refractivity contribution in [3.05, 3.63) is 164 Å². The zero-order valence-corrected chi connectivity index (χ0v) is 26.2. The van der Waals surface area contributed by atoms with Crippen LogP contribution in [0.5, 0.6) is 0 Å². The summed E-state index contributed by atoms with van der Waals surface area (Å²) in [5.41, 5.74) is 4.03. The predicted octanol–water partition coefficient (Wildman–Crippen LogP) is 9.89. The summed E-state index contributed by atoms with van der Waals surface area (Å²) in [5.74, 6) is 0. The average Bonchev–Trinajstić information content (AvgIpc) is 3.54. The first-order valence-electron chi connectivity index (χ1n) is 15.9. The van der Waals surface area contributed by atoms with Gasteiger partial charge in [-0.2, -0.15) is 0 Å². The van der Waals surface area contributed by atoms with Crippen LogP contribution in [0.3, 0.4) is 0 Å². The Morgan fingerprint density at radius 3 is 1.81 bits per heavy atom. The molecule has 0 fully saturated rings. The molecule has 1 atom stereocenters. The number of imidazole rings is 1. The van der Waals surface area contributed by atoms with Crippen molar-refractivity contribution in [2.24, 2.45) is 0 Å². The summed E-state index contributed by atoms with van der Waals surface area (Å²) in [6.45, 7) is 0. The van der Waals surface area contributed by atoms with E-state index in [0.29, 0.717) is 0 Å². The van der Waals surface area contributed by atoms with Crippen LogP contribution in [0.15, 0.2) is 164 Å². The minimum atomic E-state index is -3.34. The molecule has 10 rings (SSSR count). The van der Waals surface area contributed by atoms with E-state index in [1.165, 1.54) is 10.8 Å². The minimum Gasteiger partial charge on any atom is -0.309 e. The fourth-order valence-corrected chi connectivity index (χ4v) is 10.2. The molecule has 220 valence electrons. The van der Waals surface area contributed by atoms with Crippen molar-refractivity contribution >= 4 is 93.7 Å². The molecule has 3 nitrogen and oxygen atoms in total. The second kappa shape index (κ2) is 9.87. The molecule has 0 N–H and O–H groups in total. The van der Waals surface area contributed by atoms with Crippen LogP contribution in [-0.4, -0.2) is 9.38 Å². The molecule has 0 aliphatic heterocycles. The van der Waals surface area contributed by atoms with Gasteiger partial charge in [-0.15, -0.1) is 0 Å². The topological polar surface area (TPSA) is 34.4 Å². The average molecular weight is 619 g/mol. The molecule has 2 aromatic heterocycles. The first-order valence-corrected chi connectivity index (χ1v) is 17.6. The summed E-state index contributed by atoms with van der Waals surface area (Å²) in [4.78, 5) is 5.09. The molecule has 0 bridgehead atoms. The number of para-hydroxylation sites is 3. The maximum Gasteiger partial charge on any atom is 0.171 e. The number of hydrogen-bond donors (Lipinski definition) is 0. The Morgan fingerprint density at radius 1 is 0.404 bits per heavy atom. The molecule has 4 heteroatoms. The van der Waals surface area contributed by atoms with Crippen molar-refractivity contribution < 1.29 is 4.57 Å². The number of fused-ring (bicyclic) bond motifs is 12. The molecule has 1 unspecified atom stereocenters. The lowest BCUT2D eigenvalue weighted by atomic mass is 10.0. The van der Waals surface area contributed by atoms with Gasteiger partial charge in [0.25, 0.3) is 0 Å². The molecule has 0 amide bonds. The summed E-state index contributed by atoms with van der Waals surface area (Å²) in [6, 6.07) is 56.8. The van der Waals surface area contributed by atoms with Crippen LogP contribution in [0.1, 0.15) is 0 Å². The van der Waals surface area contributed by atoms with E-state index in [1.807, 2.05) is 18.2 Å². The molecule has 0 aliphatic carbocycles. The molecular weight excluding hydrogens is 591 g/mol. The Bertz CT molecular complexity index is 2960. The highest BCUT2D eigenvalue weighted by Gasteiger charge is 2.31. The summed E-state index contributed by atoms with van der Waals surface area (Å²) >= 11 is 0. The van der Waals surface area contributed by atoms with E-state index >= 15 is 4.57 Å². The van der Waals surface area contributed by atoms with Gasteiger partial charge < -0.3 is 4.57 Å². The lowest BCUT2D eigenvalue weighted by Crippen LogP contribution is -2.25. The van der Waals surface area contributed by atoms with Gasteiger partial charge in [0.15, 0.2) is 7.14 Å². The molecule has 8 aromatic carbocycles. The van der Waals surface area contributed by atoms with Crippen molar-refractivity contribution in [3.63, 3.8) is 0 Å². The van der Waals surface area contributed by atoms with Gasteiger partial charge in [0, 0.05) is 26.7 Å². The summed E-state index contributed by atoms with van der Waals surface area (Å²) in [5, 5.41) is 12.5. The lowest BCUT2D eigenvalue weighted by Gasteiger charge is -2.22. The molecule has 0 saturated heterocycles. The first-order chi connectivity index (χ1) is 23.2. The molecule has 0 aliphatic rings. The van der Waals surface area contributed by atoms with E-state index in [0.717, 1.165) is 75.8 Å². The van der Waals surface area contributed by atoms with E-state index in [9.17, 15) is 0 Å². The molecule has 2 heterocycles. The number of pyridine rings is 1. The largest absolute Gasteiger partial charge is 0.309 e. The van der Waals surface area contributed by atoms with Crippen LogP contribution in [0.4, 0.5) is 0 Å². The zero-order valence-electron chi connectivity index (χ0n) is 25.3.